The van der Waals surface area contributed by atoms with Gasteiger partial charge in [-0.25, -0.2) is 0 Å². The van der Waals surface area contributed by atoms with Crippen LogP contribution in [-0.2, 0) is 10.8 Å². The fraction of sp³-hybridized carbons (Fsp3) is 0.600. The van der Waals surface area contributed by atoms with Gasteiger partial charge in [-0.15, -0.1) is 5.75 Å². The molecule has 3 heteroatoms. The number of benzene rings is 1. The Labute approximate surface area is 133 Å². The van der Waals surface area contributed by atoms with Crippen LogP contribution in [0.4, 0.5) is 0 Å². The molecular formula is C15H23NaO2. The van der Waals surface area contributed by atoms with E-state index >= 15 is 0 Å². The van der Waals surface area contributed by atoms with E-state index in [9.17, 15) is 5.11 Å². The van der Waals surface area contributed by atoms with Crippen molar-refractivity contribution < 1.29 is 39.4 Å². The van der Waals surface area contributed by atoms with Crippen LogP contribution in [0.5, 0.6) is 11.5 Å². The molecule has 0 atom stereocenters. The van der Waals surface area contributed by atoms with Crippen molar-refractivity contribution in [3.05, 3.63) is 23.3 Å². The molecule has 0 aliphatic carbocycles. The van der Waals surface area contributed by atoms with Crippen LogP contribution >= 0.6 is 0 Å². The Bertz CT molecular complexity index is 376. The monoisotopic (exact) mass is 258 g/mol. The molecule has 0 N–H and O–H groups in total. The maximum atomic E-state index is 12.5. The minimum Gasteiger partial charge on any atom is -0.872 e. The van der Waals surface area contributed by atoms with Gasteiger partial charge in [-0.1, -0.05) is 41.5 Å². The fourth-order valence-corrected chi connectivity index (χ4v) is 1.83. The minimum atomic E-state index is -0.161. The molecule has 0 spiro atoms. The Hall–Kier alpha value is -0.180. The van der Waals surface area contributed by atoms with E-state index in [0.717, 1.165) is 16.9 Å². The Balaban J connectivity index is 0.00000289. The minimum absolute atomic E-state index is 0. The SMILES string of the molecule is COc1cc(C(C)(C)C)c([O-])c(C(C)(C)C)c1.[Na+]. The van der Waals surface area contributed by atoms with E-state index in [1.165, 1.54) is 0 Å². The van der Waals surface area contributed by atoms with E-state index in [2.05, 4.69) is 41.5 Å². The summed E-state index contributed by atoms with van der Waals surface area (Å²) in [6.07, 6.45) is 0. The van der Waals surface area contributed by atoms with Gasteiger partial charge in [0, 0.05) is 0 Å². The summed E-state index contributed by atoms with van der Waals surface area (Å²) >= 11 is 0. The molecule has 0 aliphatic heterocycles. The molecular weight excluding hydrogens is 235 g/mol. The second kappa shape index (κ2) is 5.85. The Morgan fingerprint density at radius 3 is 1.44 bits per heavy atom. The first-order chi connectivity index (χ1) is 7.57. The first-order valence-electron chi connectivity index (χ1n) is 5.97. The van der Waals surface area contributed by atoms with Gasteiger partial charge in [0.15, 0.2) is 0 Å². The smallest absolute Gasteiger partial charge is 0.872 e. The summed E-state index contributed by atoms with van der Waals surface area (Å²) in [7, 11) is 1.64. The van der Waals surface area contributed by atoms with Gasteiger partial charge in [0.25, 0.3) is 0 Å². The summed E-state index contributed by atoms with van der Waals surface area (Å²) < 4.78 is 5.30. The van der Waals surface area contributed by atoms with Gasteiger partial charge in [0.2, 0.25) is 0 Å². The molecule has 0 fully saturated rings. The van der Waals surface area contributed by atoms with Crippen LogP contribution in [0.2, 0.25) is 0 Å². The van der Waals surface area contributed by atoms with Crippen LogP contribution in [-0.4, -0.2) is 7.11 Å². The van der Waals surface area contributed by atoms with Crippen molar-refractivity contribution in [2.45, 2.75) is 52.4 Å². The normalized spacial score (nSPS) is 11.9. The number of ether oxygens (including phenoxy) is 1. The third-order valence-electron chi connectivity index (χ3n) is 2.91. The van der Waals surface area contributed by atoms with Crippen molar-refractivity contribution in [1.29, 1.82) is 0 Å². The molecule has 0 aliphatic rings. The van der Waals surface area contributed by atoms with E-state index in [4.69, 9.17) is 4.74 Å². The number of hydrogen-bond donors (Lipinski definition) is 0. The maximum Gasteiger partial charge on any atom is 1.00 e. The second-order valence-electron chi connectivity index (χ2n) is 6.55. The van der Waals surface area contributed by atoms with Crippen molar-refractivity contribution in [2.24, 2.45) is 0 Å². The number of methoxy groups -OCH3 is 1. The third kappa shape index (κ3) is 3.91. The van der Waals surface area contributed by atoms with Gasteiger partial charge in [0.05, 0.1) is 7.11 Å². The van der Waals surface area contributed by atoms with E-state index in [1.807, 2.05) is 12.1 Å². The average molecular weight is 258 g/mol. The second-order valence-corrected chi connectivity index (χ2v) is 6.55. The molecule has 1 aromatic rings. The van der Waals surface area contributed by atoms with Gasteiger partial charge in [-0.05, 0) is 34.1 Å². The molecule has 0 saturated carbocycles. The summed E-state index contributed by atoms with van der Waals surface area (Å²) in [6.45, 7) is 12.3. The summed E-state index contributed by atoms with van der Waals surface area (Å²) in [5.41, 5.74) is 1.32. The fourth-order valence-electron chi connectivity index (χ4n) is 1.83. The predicted octanol–water partition coefficient (Wildman–Crippen LogP) is 0.368. The third-order valence-corrected chi connectivity index (χ3v) is 2.91. The zero-order chi connectivity index (χ0) is 13.4. The Morgan fingerprint density at radius 2 is 1.22 bits per heavy atom. The van der Waals surface area contributed by atoms with E-state index in [1.54, 1.807) is 7.11 Å². The molecule has 0 radical (unpaired) electrons. The molecule has 96 valence electrons. The molecule has 0 unspecified atom stereocenters. The van der Waals surface area contributed by atoms with Crippen LogP contribution in [0.3, 0.4) is 0 Å². The zero-order valence-electron chi connectivity index (χ0n) is 13.0. The van der Waals surface area contributed by atoms with Gasteiger partial charge in [0.1, 0.15) is 5.75 Å². The molecule has 1 rings (SSSR count). The zero-order valence-corrected chi connectivity index (χ0v) is 15.0. The summed E-state index contributed by atoms with van der Waals surface area (Å²) in [6, 6.07) is 3.72. The number of hydrogen-bond acceptors (Lipinski definition) is 2. The van der Waals surface area contributed by atoms with Crippen molar-refractivity contribution in [3.63, 3.8) is 0 Å². The first-order valence-corrected chi connectivity index (χ1v) is 5.97. The topological polar surface area (TPSA) is 32.3 Å². The molecule has 0 heterocycles. The maximum absolute atomic E-state index is 12.5. The van der Waals surface area contributed by atoms with Crippen LogP contribution in [0.1, 0.15) is 52.7 Å². The molecule has 0 saturated heterocycles. The summed E-state index contributed by atoms with van der Waals surface area (Å²) in [5, 5.41) is 12.5. The van der Waals surface area contributed by atoms with Crippen LogP contribution < -0.4 is 39.4 Å². The molecule has 0 bridgehead atoms. The van der Waals surface area contributed by atoms with Crippen LogP contribution in [0, 0.1) is 0 Å². The average Bonchev–Trinajstić information content (AvgIpc) is 2.14. The number of rotatable bonds is 1. The molecule has 2 nitrogen and oxygen atoms in total. The molecule has 0 aromatic heterocycles. The van der Waals surface area contributed by atoms with E-state index < -0.39 is 0 Å². The van der Waals surface area contributed by atoms with Crippen molar-refractivity contribution in [1.82, 2.24) is 0 Å². The molecule has 1 aromatic carbocycles. The van der Waals surface area contributed by atoms with E-state index in [0.29, 0.717) is 0 Å². The van der Waals surface area contributed by atoms with Crippen molar-refractivity contribution in [3.8, 4) is 11.5 Å². The Morgan fingerprint density at radius 1 is 0.889 bits per heavy atom. The van der Waals surface area contributed by atoms with Crippen molar-refractivity contribution in [2.75, 3.05) is 7.11 Å². The first kappa shape index (κ1) is 17.8. The summed E-state index contributed by atoms with van der Waals surface area (Å²) in [5.74, 6) is 0.908. The quantitative estimate of drug-likeness (QED) is 0.682. The van der Waals surface area contributed by atoms with Crippen LogP contribution in [0.25, 0.3) is 0 Å². The van der Waals surface area contributed by atoms with Crippen molar-refractivity contribution >= 4 is 0 Å². The Kier molecular flexibility index (Phi) is 5.79. The van der Waals surface area contributed by atoms with Gasteiger partial charge in [-0.2, -0.15) is 0 Å². The summed E-state index contributed by atoms with van der Waals surface area (Å²) in [4.78, 5) is 0. The predicted molar refractivity (Wildman–Crippen MR) is 69.8 cm³/mol. The van der Waals surface area contributed by atoms with Gasteiger partial charge in [-0.3, -0.25) is 0 Å². The van der Waals surface area contributed by atoms with E-state index in [-0.39, 0.29) is 46.1 Å². The van der Waals surface area contributed by atoms with Gasteiger partial charge >= 0.3 is 29.6 Å². The van der Waals surface area contributed by atoms with Gasteiger partial charge < -0.3 is 9.84 Å². The van der Waals surface area contributed by atoms with Crippen LogP contribution in [0.15, 0.2) is 12.1 Å². The standard InChI is InChI=1S/C15H24O2.Na/c1-14(2,3)11-8-10(17-7)9-12(13(11)16)15(4,5)6;/h8-9,16H,1-7H3;/q;+1/p-1. The largest absolute Gasteiger partial charge is 1.00 e. The molecule has 0 amide bonds. The molecule has 18 heavy (non-hydrogen) atoms.